The molecule has 1 aromatic carbocycles. The van der Waals surface area contributed by atoms with Gasteiger partial charge in [0.05, 0.1) is 10.3 Å². The van der Waals surface area contributed by atoms with E-state index in [0.29, 0.717) is 22.2 Å². The van der Waals surface area contributed by atoms with Crippen molar-refractivity contribution in [3.05, 3.63) is 61.8 Å². The maximum atomic E-state index is 12.1. The van der Waals surface area contributed by atoms with Crippen LogP contribution in [0, 0.1) is 14.9 Å². The van der Waals surface area contributed by atoms with Crippen molar-refractivity contribution < 1.29 is 4.92 Å². The Morgan fingerprint density at radius 1 is 1.14 bits per heavy atom. The van der Waals surface area contributed by atoms with Gasteiger partial charge in [0.25, 0.3) is 11.2 Å². The summed E-state index contributed by atoms with van der Waals surface area (Å²) < 4.78 is 0.195. The minimum Gasteiger partial charge on any atom is -0.316 e. The lowest BCUT2D eigenvalue weighted by atomic mass is 10.0. The molecule has 104 valence electrons. The van der Waals surface area contributed by atoms with Crippen molar-refractivity contribution in [3.8, 4) is 11.1 Å². The second kappa shape index (κ2) is 4.91. The average Bonchev–Trinajstić information content (AvgIpc) is 2.46. The largest absolute Gasteiger partial charge is 0.316 e. The number of rotatable bonds is 2. The van der Waals surface area contributed by atoms with Crippen LogP contribution in [0.15, 0.2) is 41.3 Å². The number of aromatic nitrogens is 3. The van der Waals surface area contributed by atoms with Crippen LogP contribution in [0.25, 0.3) is 22.2 Å². The van der Waals surface area contributed by atoms with Gasteiger partial charge in [0, 0.05) is 18.3 Å². The fourth-order valence-electron chi connectivity index (χ4n) is 2.09. The van der Waals surface area contributed by atoms with Crippen molar-refractivity contribution in [1.29, 1.82) is 0 Å². The molecular formula is C13H8N4O3S. The van der Waals surface area contributed by atoms with Gasteiger partial charge in [0.15, 0.2) is 4.77 Å². The van der Waals surface area contributed by atoms with E-state index in [2.05, 4.69) is 15.0 Å². The smallest absolute Gasteiger partial charge is 0.269 e. The Balaban J connectivity index is 2.28. The van der Waals surface area contributed by atoms with Gasteiger partial charge in [-0.15, -0.1) is 0 Å². The molecule has 21 heavy (non-hydrogen) atoms. The normalized spacial score (nSPS) is 10.7. The highest BCUT2D eigenvalue weighted by atomic mass is 32.1. The molecule has 0 saturated heterocycles. The van der Waals surface area contributed by atoms with Gasteiger partial charge in [-0.3, -0.25) is 19.9 Å². The van der Waals surface area contributed by atoms with Crippen molar-refractivity contribution in [2.75, 3.05) is 0 Å². The van der Waals surface area contributed by atoms with Crippen molar-refractivity contribution in [2.24, 2.45) is 0 Å². The molecule has 0 aliphatic heterocycles. The number of hydrogen-bond donors (Lipinski definition) is 2. The number of aromatic amines is 2. The summed E-state index contributed by atoms with van der Waals surface area (Å²) in [5, 5.41) is 11.0. The summed E-state index contributed by atoms with van der Waals surface area (Å²) in [6, 6.07) is 7.64. The summed E-state index contributed by atoms with van der Waals surface area (Å²) in [7, 11) is 0. The van der Waals surface area contributed by atoms with Gasteiger partial charge in [-0.25, -0.2) is 4.98 Å². The second-order valence-electron chi connectivity index (χ2n) is 4.29. The first-order chi connectivity index (χ1) is 10.1. The van der Waals surface area contributed by atoms with Gasteiger partial charge in [-0.2, -0.15) is 0 Å². The summed E-state index contributed by atoms with van der Waals surface area (Å²) in [6.07, 6.45) is 1.55. The fraction of sp³-hybridized carbons (Fsp3) is 0. The molecule has 0 radical (unpaired) electrons. The minimum atomic E-state index is -0.474. The number of H-pyrrole nitrogens is 2. The van der Waals surface area contributed by atoms with Gasteiger partial charge >= 0.3 is 0 Å². The molecule has 8 heteroatoms. The Hall–Kier alpha value is -2.87. The Morgan fingerprint density at radius 2 is 1.86 bits per heavy atom. The Kier molecular flexibility index (Phi) is 3.07. The standard InChI is InChI=1S/C13H8N4O3S/c18-12-10-9(5-6-14-11(10)15-13(21)16-12)7-1-3-8(4-2-7)17(19)20/h1-6H,(H2,14,15,16,18,21). The maximum absolute atomic E-state index is 12.1. The van der Waals surface area contributed by atoms with Crippen LogP contribution in [0.3, 0.4) is 0 Å². The molecule has 2 N–H and O–H groups in total. The third kappa shape index (κ3) is 2.32. The monoisotopic (exact) mass is 300 g/mol. The lowest BCUT2D eigenvalue weighted by Gasteiger charge is -2.05. The molecular weight excluding hydrogens is 292 g/mol. The molecule has 0 fully saturated rings. The number of nitro benzene ring substituents is 1. The van der Waals surface area contributed by atoms with E-state index in [9.17, 15) is 14.9 Å². The number of nitrogens with zero attached hydrogens (tertiary/aromatic N) is 2. The number of non-ortho nitro benzene ring substituents is 1. The first-order valence-electron chi connectivity index (χ1n) is 5.92. The molecule has 0 saturated carbocycles. The van der Waals surface area contributed by atoms with Crippen molar-refractivity contribution in [2.45, 2.75) is 0 Å². The van der Waals surface area contributed by atoms with Gasteiger partial charge in [-0.05, 0) is 41.5 Å². The highest BCUT2D eigenvalue weighted by molar-refractivity contribution is 7.71. The lowest BCUT2D eigenvalue weighted by Crippen LogP contribution is -2.09. The van der Waals surface area contributed by atoms with Crippen molar-refractivity contribution in [3.63, 3.8) is 0 Å². The molecule has 3 rings (SSSR count). The summed E-state index contributed by atoms with van der Waals surface area (Å²) in [6.45, 7) is 0. The number of benzene rings is 1. The van der Waals surface area contributed by atoms with Gasteiger partial charge in [0.2, 0.25) is 0 Å². The zero-order valence-corrected chi connectivity index (χ0v) is 11.3. The quantitative estimate of drug-likeness (QED) is 0.430. The van der Waals surface area contributed by atoms with Crippen molar-refractivity contribution in [1.82, 2.24) is 15.0 Å². The van der Waals surface area contributed by atoms with E-state index in [0.717, 1.165) is 0 Å². The molecule has 0 atom stereocenters. The van der Waals surface area contributed by atoms with E-state index in [1.807, 2.05) is 0 Å². The molecule has 2 heterocycles. The fourth-order valence-corrected chi connectivity index (χ4v) is 2.28. The summed E-state index contributed by atoms with van der Waals surface area (Å²) in [5.74, 6) is 0. The zero-order chi connectivity index (χ0) is 15.0. The number of nitrogens with one attached hydrogen (secondary N) is 2. The van der Waals surface area contributed by atoms with E-state index in [4.69, 9.17) is 12.2 Å². The SMILES string of the molecule is O=c1[nH]c(=S)[nH]c2nccc(-c3ccc([N+](=O)[O-])cc3)c12. The van der Waals surface area contributed by atoms with E-state index < -0.39 is 4.92 Å². The molecule has 0 aliphatic rings. The van der Waals surface area contributed by atoms with Crippen LogP contribution in [-0.2, 0) is 0 Å². The molecule has 7 nitrogen and oxygen atoms in total. The molecule has 0 aliphatic carbocycles. The molecule has 2 aromatic heterocycles. The molecule has 0 spiro atoms. The van der Waals surface area contributed by atoms with Gasteiger partial charge < -0.3 is 4.98 Å². The first-order valence-corrected chi connectivity index (χ1v) is 6.33. The Labute approximate surface area is 122 Å². The highest BCUT2D eigenvalue weighted by Gasteiger charge is 2.11. The number of pyridine rings is 1. The van der Waals surface area contributed by atoms with Crippen LogP contribution in [0.1, 0.15) is 0 Å². The predicted molar refractivity (Wildman–Crippen MR) is 79.6 cm³/mol. The second-order valence-corrected chi connectivity index (χ2v) is 4.70. The predicted octanol–water partition coefficient (Wildman–Crippen LogP) is 2.56. The Bertz CT molecular complexity index is 960. The third-order valence-corrected chi connectivity index (χ3v) is 3.23. The van der Waals surface area contributed by atoms with E-state index in [1.54, 1.807) is 24.4 Å². The number of hydrogen-bond acceptors (Lipinski definition) is 5. The topological polar surface area (TPSA) is 105 Å². The van der Waals surface area contributed by atoms with Gasteiger partial charge in [-0.1, -0.05) is 0 Å². The van der Waals surface area contributed by atoms with Crippen LogP contribution in [0.2, 0.25) is 0 Å². The van der Waals surface area contributed by atoms with Crippen LogP contribution in [0.4, 0.5) is 5.69 Å². The van der Waals surface area contributed by atoms with Crippen LogP contribution in [0.5, 0.6) is 0 Å². The van der Waals surface area contributed by atoms with Crippen LogP contribution >= 0.6 is 12.2 Å². The number of nitro groups is 1. The van der Waals surface area contributed by atoms with Crippen LogP contribution < -0.4 is 5.56 Å². The first kappa shape index (κ1) is 13.1. The maximum Gasteiger partial charge on any atom is 0.269 e. The van der Waals surface area contributed by atoms with E-state index >= 15 is 0 Å². The molecule has 0 amide bonds. The molecule has 0 bridgehead atoms. The van der Waals surface area contributed by atoms with E-state index in [-0.39, 0.29) is 16.0 Å². The van der Waals surface area contributed by atoms with Gasteiger partial charge in [0.1, 0.15) is 5.65 Å². The zero-order valence-electron chi connectivity index (χ0n) is 10.5. The number of fused-ring (bicyclic) bond motifs is 1. The highest BCUT2D eigenvalue weighted by Crippen LogP contribution is 2.25. The lowest BCUT2D eigenvalue weighted by molar-refractivity contribution is -0.384. The van der Waals surface area contributed by atoms with E-state index in [1.165, 1.54) is 12.1 Å². The average molecular weight is 300 g/mol. The minimum absolute atomic E-state index is 0.00886. The molecule has 3 aromatic rings. The van der Waals surface area contributed by atoms with Crippen LogP contribution in [-0.4, -0.2) is 19.9 Å². The van der Waals surface area contributed by atoms with Crippen molar-refractivity contribution >= 4 is 28.9 Å². The third-order valence-electron chi connectivity index (χ3n) is 3.03. The Morgan fingerprint density at radius 3 is 2.52 bits per heavy atom. The summed E-state index contributed by atoms with van der Waals surface area (Å²) >= 11 is 4.91. The molecule has 0 unspecified atom stereocenters. The summed E-state index contributed by atoms with van der Waals surface area (Å²) in [4.78, 5) is 31.7. The summed E-state index contributed by atoms with van der Waals surface area (Å²) in [5.41, 5.74) is 1.33.